The minimum Gasteiger partial charge on any atom is -0.490 e. The molecule has 1 saturated carbocycles. The van der Waals surface area contributed by atoms with E-state index in [-0.39, 0.29) is 5.82 Å². The lowest BCUT2D eigenvalue weighted by Crippen LogP contribution is -2.29. The van der Waals surface area contributed by atoms with Crippen molar-refractivity contribution in [1.82, 2.24) is 5.43 Å². The molecular formula is C17H19FN2O. The maximum absolute atomic E-state index is 14.3. The smallest absolute Gasteiger partial charge is 0.131 e. The maximum atomic E-state index is 14.3. The predicted molar refractivity (Wildman–Crippen MR) is 80.4 cm³/mol. The maximum Gasteiger partial charge on any atom is 0.131 e. The van der Waals surface area contributed by atoms with Crippen LogP contribution >= 0.6 is 0 Å². The molecule has 1 fully saturated rings. The van der Waals surface area contributed by atoms with Crippen LogP contribution in [0.25, 0.3) is 0 Å². The quantitative estimate of drug-likeness (QED) is 0.655. The highest BCUT2D eigenvalue weighted by atomic mass is 19.1. The second-order valence-electron chi connectivity index (χ2n) is 5.47. The van der Waals surface area contributed by atoms with Gasteiger partial charge in [0.25, 0.3) is 0 Å². The van der Waals surface area contributed by atoms with E-state index in [0.29, 0.717) is 17.2 Å². The first-order valence-electron chi connectivity index (χ1n) is 7.17. The van der Waals surface area contributed by atoms with Crippen LogP contribution < -0.4 is 16.0 Å². The van der Waals surface area contributed by atoms with Crippen molar-refractivity contribution in [3.63, 3.8) is 0 Å². The fraction of sp³-hybridized carbons (Fsp3) is 0.294. The molecule has 0 aromatic heterocycles. The molecule has 0 saturated heterocycles. The first-order chi connectivity index (χ1) is 10.2. The number of aryl methyl sites for hydroxylation is 1. The monoisotopic (exact) mass is 286 g/mol. The van der Waals surface area contributed by atoms with Gasteiger partial charge in [0.15, 0.2) is 0 Å². The molecule has 1 aliphatic carbocycles. The van der Waals surface area contributed by atoms with E-state index in [1.807, 2.05) is 30.3 Å². The highest BCUT2D eigenvalue weighted by molar-refractivity contribution is 5.38. The third-order valence-electron chi connectivity index (χ3n) is 3.72. The van der Waals surface area contributed by atoms with Crippen LogP contribution in [0.2, 0.25) is 0 Å². The highest BCUT2D eigenvalue weighted by Crippen LogP contribution is 2.30. The molecule has 2 aromatic carbocycles. The Morgan fingerprint density at radius 1 is 1.24 bits per heavy atom. The zero-order valence-corrected chi connectivity index (χ0v) is 12.0. The Bertz CT molecular complexity index is 640. The summed E-state index contributed by atoms with van der Waals surface area (Å²) >= 11 is 0. The van der Waals surface area contributed by atoms with Gasteiger partial charge in [-0.1, -0.05) is 30.3 Å². The predicted octanol–water partition coefficient (Wildman–Crippen LogP) is 3.23. The molecule has 3 rings (SSSR count). The Hall–Kier alpha value is -1.91. The van der Waals surface area contributed by atoms with E-state index in [0.717, 1.165) is 24.2 Å². The first-order valence-corrected chi connectivity index (χ1v) is 7.17. The Balaban J connectivity index is 1.93. The molecule has 1 unspecified atom stereocenters. The van der Waals surface area contributed by atoms with Gasteiger partial charge in [-0.05, 0) is 43.0 Å². The lowest BCUT2D eigenvalue weighted by atomic mass is 9.97. The van der Waals surface area contributed by atoms with Gasteiger partial charge in [-0.3, -0.25) is 5.84 Å². The number of nitrogens with two attached hydrogens (primary N) is 1. The zero-order chi connectivity index (χ0) is 14.8. The van der Waals surface area contributed by atoms with Crippen LogP contribution in [-0.4, -0.2) is 6.10 Å². The second kappa shape index (κ2) is 5.84. The number of ether oxygens (including phenoxy) is 1. The first kappa shape index (κ1) is 14.0. The summed E-state index contributed by atoms with van der Waals surface area (Å²) in [6, 6.07) is 12.6. The summed E-state index contributed by atoms with van der Waals surface area (Å²) in [7, 11) is 0. The average molecular weight is 286 g/mol. The van der Waals surface area contributed by atoms with Crippen molar-refractivity contribution < 1.29 is 9.13 Å². The van der Waals surface area contributed by atoms with E-state index in [4.69, 9.17) is 10.6 Å². The van der Waals surface area contributed by atoms with Gasteiger partial charge in [0.1, 0.15) is 11.6 Å². The van der Waals surface area contributed by atoms with Crippen molar-refractivity contribution in [2.75, 3.05) is 0 Å². The summed E-state index contributed by atoms with van der Waals surface area (Å²) in [4.78, 5) is 0. The lowest BCUT2D eigenvalue weighted by molar-refractivity contribution is 0.302. The van der Waals surface area contributed by atoms with E-state index in [2.05, 4.69) is 5.43 Å². The fourth-order valence-corrected chi connectivity index (χ4v) is 2.40. The number of hydrogen-bond acceptors (Lipinski definition) is 3. The number of hydrazine groups is 1. The van der Waals surface area contributed by atoms with E-state index < -0.39 is 6.04 Å². The third-order valence-corrected chi connectivity index (χ3v) is 3.72. The van der Waals surface area contributed by atoms with Crippen LogP contribution in [0.15, 0.2) is 42.5 Å². The van der Waals surface area contributed by atoms with Crippen molar-refractivity contribution >= 4 is 0 Å². The topological polar surface area (TPSA) is 47.3 Å². The molecule has 2 aromatic rings. The molecule has 0 aliphatic heterocycles. The summed E-state index contributed by atoms with van der Waals surface area (Å²) in [5, 5.41) is 0. The number of benzene rings is 2. The SMILES string of the molecule is Cc1cccc(C(NN)c2cccc(OC3CC3)c2)c1F. The van der Waals surface area contributed by atoms with Gasteiger partial charge in [0.2, 0.25) is 0 Å². The van der Waals surface area contributed by atoms with Gasteiger partial charge in [-0.2, -0.15) is 0 Å². The van der Waals surface area contributed by atoms with E-state index in [9.17, 15) is 4.39 Å². The second-order valence-corrected chi connectivity index (χ2v) is 5.47. The van der Waals surface area contributed by atoms with Gasteiger partial charge < -0.3 is 4.74 Å². The molecule has 1 aliphatic rings. The van der Waals surface area contributed by atoms with E-state index in [1.54, 1.807) is 19.1 Å². The van der Waals surface area contributed by atoms with Gasteiger partial charge in [0, 0.05) is 5.56 Å². The van der Waals surface area contributed by atoms with Gasteiger partial charge in [-0.15, -0.1) is 0 Å². The fourth-order valence-electron chi connectivity index (χ4n) is 2.40. The van der Waals surface area contributed by atoms with Crippen LogP contribution in [0.4, 0.5) is 4.39 Å². The largest absolute Gasteiger partial charge is 0.490 e. The number of nitrogens with one attached hydrogen (secondary N) is 1. The summed E-state index contributed by atoms with van der Waals surface area (Å²) < 4.78 is 20.1. The van der Waals surface area contributed by atoms with Gasteiger partial charge >= 0.3 is 0 Å². The molecule has 3 nitrogen and oxygen atoms in total. The lowest BCUT2D eigenvalue weighted by Gasteiger charge is -2.19. The Kier molecular flexibility index (Phi) is 3.90. The minimum absolute atomic E-state index is 0.228. The standard InChI is InChI=1S/C17H19FN2O/c1-11-4-2-7-15(16(11)18)17(20-19)12-5-3-6-14(10-12)21-13-8-9-13/h2-7,10,13,17,20H,8-9,19H2,1H3. The molecule has 4 heteroatoms. The van der Waals surface area contributed by atoms with Crippen LogP contribution in [-0.2, 0) is 0 Å². The molecule has 0 amide bonds. The van der Waals surface area contributed by atoms with Gasteiger partial charge in [-0.25, -0.2) is 9.82 Å². The van der Waals surface area contributed by atoms with Crippen molar-refractivity contribution in [2.45, 2.75) is 31.9 Å². The molecule has 0 spiro atoms. The molecule has 3 N–H and O–H groups in total. The van der Waals surface area contributed by atoms with Crippen molar-refractivity contribution in [3.8, 4) is 5.75 Å². The Labute approximate surface area is 123 Å². The third kappa shape index (κ3) is 3.06. The summed E-state index contributed by atoms with van der Waals surface area (Å²) in [6.07, 6.45) is 2.55. The molecule has 0 bridgehead atoms. The van der Waals surface area contributed by atoms with Crippen molar-refractivity contribution in [3.05, 3.63) is 65.0 Å². The summed E-state index contributed by atoms with van der Waals surface area (Å²) in [5.41, 5.74) is 4.74. The van der Waals surface area contributed by atoms with Crippen molar-refractivity contribution in [2.24, 2.45) is 5.84 Å². The van der Waals surface area contributed by atoms with Crippen LogP contribution in [0.3, 0.4) is 0 Å². The van der Waals surface area contributed by atoms with E-state index >= 15 is 0 Å². The molecule has 110 valence electrons. The molecule has 0 heterocycles. The Morgan fingerprint density at radius 2 is 2.00 bits per heavy atom. The van der Waals surface area contributed by atoms with E-state index in [1.165, 1.54) is 0 Å². The number of hydrogen-bond donors (Lipinski definition) is 2. The highest BCUT2D eigenvalue weighted by Gasteiger charge is 2.24. The normalized spacial score (nSPS) is 15.8. The molecule has 1 atom stereocenters. The molecular weight excluding hydrogens is 267 g/mol. The van der Waals surface area contributed by atoms with Crippen LogP contribution in [0, 0.1) is 12.7 Å². The average Bonchev–Trinajstić information content (AvgIpc) is 3.29. The molecule has 21 heavy (non-hydrogen) atoms. The Morgan fingerprint density at radius 3 is 2.71 bits per heavy atom. The van der Waals surface area contributed by atoms with Crippen LogP contribution in [0.1, 0.15) is 35.6 Å². The molecule has 0 radical (unpaired) electrons. The number of halogens is 1. The van der Waals surface area contributed by atoms with Gasteiger partial charge in [0.05, 0.1) is 12.1 Å². The minimum atomic E-state index is -0.396. The van der Waals surface area contributed by atoms with Crippen molar-refractivity contribution in [1.29, 1.82) is 0 Å². The summed E-state index contributed by atoms with van der Waals surface area (Å²) in [5.74, 6) is 6.24. The number of rotatable bonds is 5. The zero-order valence-electron chi connectivity index (χ0n) is 12.0. The van der Waals surface area contributed by atoms with Crippen LogP contribution in [0.5, 0.6) is 5.75 Å². The summed E-state index contributed by atoms with van der Waals surface area (Å²) in [6.45, 7) is 1.75.